The number of hydrogen-bond acceptors (Lipinski definition) is 3. The van der Waals surface area contributed by atoms with E-state index in [-0.39, 0.29) is 11.0 Å². The molecule has 84 valence electrons. The molecule has 0 saturated heterocycles. The van der Waals surface area contributed by atoms with Gasteiger partial charge in [-0.15, -0.1) is 0 Å². The number of nitrogens with zero attached hydrogens (tertiary/aromatic N) is 1. The van der Waals surface area contributed by atoms with Crippen molar-refractivity contribution in [2.75, 3.05) is 12.4 Å². The Labute approximate surface area is 99.4 Å². The second-order valence-corrected chi connectivity index (χ2v) is 4.49. The molecule has 0 N–H and O–H groups in total. The van der Waals surface area contributed by atoms with Crippen molar-refractivity contribution in [1.29, 1.82) is 5.26 Å². The molecule has 0 heterocycles. The van der Waals surface area contributed by atoms with Crippen LogP contribution in [0.4, 0.5) is 4.39 Å². The van der Waals surface area contributed by atoms with E-state index in [4.69, 9.17) is 10.00 Å². The summed E-state index contributed by atoms with van der Waals surface area (Å²) in [6, 6.07) is 6.25. The van der Waals surface area contributed by atoms with Crippen LogP contribution in [0, 0.1) is 22.6 Å². The summed E-state index contributed by atoms with van der Waals surface area (Å²) in [6.07, 6.45) is 2.18. The van der Waals surface area contributed by atoms with Crippen LogP contribution in [0.3, 0.4) is 0 Å². The molecule has 0 amide bonds. The van der Waals surface area contributed by atoms with E-state index in [0.29, 0.717) is 12.4 Å². The summed E-state index contributed by atoms with van der Waals surface area (Å²) in [4.78, 5) is 0. The van der Waals surface area contributed by atoms with Crippen LogP contribution in [0.2, 0.25) is 0 Å². The summed E-state index contributed by atoms with van der Waals surface area (Å²) in [7, 11) is 0. The molecule has 0 aromatic heterocycles. The van der Waals surface area contributed by atoms with Gasteiger partial charge in [-0.05, 0) is 30.7 Å². The largest absolute Gasteiger partial charge is 0.491 e. The third-order valence-electron chi connectivity index (χ3n) is 2.91. The lowest BCUT2D eigenvalue weighted by Gasteiger charge is -2.14. The minimum Gasteiger partial charge on any atom is -0.491 e. The van der Waals surface area contributed by atoms with Crippen molar-refractivity contribution in [3.63, 3.8) is 0 Å². The van der Waals surface area contributed by atoms with Crippen molar-refractivity contribution in [1.82, 2.24) is 0 Å². The van der Waals surface area contributed by atoms with Crippen molar-refractivity contribution in [2.45, 2.75) is 12.8 Å². The first-order chi connectivity index (χ1) is 7.71. The Bertz CT molecular complexity index is 437. The Kier molecular flexibility index (Phi) is 3.06. The quantitative estimate of drug-likeness (QED) is 0.817. The van der Waals surface area contributed by atoms with E-state index in [0.717, 1.165) is 18.6 Å². The third kappa shape index (κ3) is 2.14. The van der Waals surface area contributed by atoms with E-state index in [1.807, 2.05) is 6.07 Å². The van der Waals surface area contributed by atoms with Gasteiger partial charge < -0.3 is 4.74 Å². The van der Waals surface area contributed by atoms with Gasteiger partial charge in [0.05, 0.1) is 6.61 Å². The maximum absolute atomic E-state index is 13.3. The molecule has 1 aromatic rings. The fourth-order valence-corrected chi connectivity index (χ4v) is 1.90. The van der Waals surface area contributed by atoms with Crippen molar-refractivity contribution in [2.24, 2.45) is 5.41 Å². The number of hydrogen-bond donors (Lipinski definition) is 1. The molecule has 1 aromatic carbocycles. The van der Waals surface area contributed by atoms with E-state index in [2.05, 4.69) is 12.6 Å². The van der Waals surface area contributed by atoms with E-state index in [1.165, 1.54) is 6.07 Å². The van der Waals surface area contributed by atoms with Crippen molar-refractivity contribution >= 4 is 12.6 Å². The second-order valence-electron chi connectivity index (χ2n) is 4.17. The molecule has 1 saturated carbocycles. The van der Waals surface area contributed by atoms with Crippen LogP contribution >= 0.6 is 12.6 Å². The second kappa shape index (κ2) is 4.34. The molecule has 0 aliphatic heterocycles. The molecule has 0 unspecified atom stereocenters. The molecule has 0 spiro atoms. The molecule has 1 aliphatic carbocycles. The summed E-state index contributed by atoms with van der Waals surface area (Å²) >= 11 is 4.26. The summed E-state index contributed by atoms with van der Waals surface area (Å²) in [5.74, 6) is 0.566. The fraction of sp³-hybridized carbons (Fsp3) is 0.417. The lowest BCUT2D eigenvalue weighted by molar-refractivity contribution is 0.249. The molecule has 2 nitrogen and oxygen atoms in total. The Balaban J connectivity index is 2.10. The molecule has 0 atom stereocenters. The summed E-state index contributed by atoms with van der Waals surface area (Å²) in [6.45, 7) is 0.509. The van der Waals surface area contributed by atoms with Crippen molar-refractivity contribution in [3.8, 4) is 11.8 Å². The highest BCUT2D eigenvalue weighted by Crippen LogP contribution is 2.46. The van der Waals surface area contributed by atoms with E-state index in [1.54, 1.807) is 12.1 Å². The summed E-state index contributed by atoms with van der Waals surface area (Å²) < 4.78 is 18.8. The monoisotopic (exact) mass is 237 g/mol. The number of benzene rings is 1. The zero-order chi connectivity index (χ0) is 11.6. The molecular weight excluding hydrogens is 225 g/mol. The predicted octanol–water partition coefficient (Wildman–Crippen LogP) is 2.79. The Morgan fingerprint density at radius 3 is 2.81 bits per heavy atom. The number of nitriles is 1. The van der Waals surface area contributed by atoms with Gasteiger partial charge in [0.1, 0.15) is 23.2 Å². The highest BCUT2D eigenvalue weighted by molar-refractivity contribution is 7.80. The van der Waals surface area contributed by atoms with Crippen LogP contribution in [0.25, 0.3) is 0 Å². The average Bonchev–Trinajstić information content (AvgIpc) is 3.07. The fourth-order valence-electron chi connectivity index (χ4n) is 1.49. The molecule has 0 bridgehead atoms. The standard InChI is InChI=1S/C12H12FNOS/c13-10-2-1-3-11(9(10)6-14)15-7-12(8-16)4-5-12/h1-3,16H,4-5,7-8H2. The highest BCUT2D eigenvalue weighted by atomic mass is 32.1. The van der Waals surface area contributed by atoms with Crippen LogP contribution in [0.15, 0.2) is 18.2 Å². The topological polar surface area (TPSA) is 33.0 Å². The number of rotatable bonds is 4. The van der Waals surface area contributed by atoms with E-state index >= 15 is 0 Å². The first-order valence-corrected chi connectivity index (χ1v) is 5.76. The number of thiol groups is 1. The van der Waals surface area contributed by atoms with Crippen molar-refractivity contribution in [3.05, 3.63) is 29.6 Å². The Hall–Kier alpha value is -1.21. The molecule has 16 heavy (non-hydrogen) atoms. The van der Waals surface area contributed by atoms with Gasteiger partial charge in [0, 0.05) is 5.41 Å². The minimum atomic E-state index is -0.532. The van der Waals surface area contributed by atoms with Gasteiger partial charge >= 0.3 is 0 Å². The maximum Gasteiger partial charge on any atom is 0.144 e. The first kappa shape index (κ1) is 11.3. The van der Waals surface area contributed by atoms with Crippen LogP contribution in [-0.4, -0.2) is 12.4 Å². The van der Waals surface area contributed by atoms with Crippen LogP contribution in [0.1, 0.15) is 18.4 Å². The molecule has 2 rings (SSSR count). The lowest BCUT2D eigenvalue weighted by Crippen LogP contribution is -2.15. The summed E-state index contributed by atoms with van der Waals surface area (Å²) in [5, 5.41) is 8.82. The Morgan fingerprint density at radius 1 is 1.50 bits per heavy atom. The van der Waals surface area contributed by atoms with Gasteiger partial charge in [0.2, 0.25) is 0 Å². The van der Waals surface area contributed by atoms with Crippen molar-refractivity contribution < 1.29 is 9.13 Å². The number of halogens is 1. The Morgan fingerprint density at radius 2 is 2.25 bits per heavy atom. The van der Waals surface area contributed by atoms with Gasteiger partial charge in [0.25, 0.3) is 0 Å². The van der Waals surface area contributed by atoms with E-state index < -0.39 is 5.82 Å². The van der Waals surface area contributed by atoms with Gasteiger partial charge in [0.15, 0.2) is 0 Å². The third-order valence-corrected chi connectivity index (χ3v) is 3.58. The van der Waals surface area contributed by atoms with Gasteiger partial charge in [-0.25, -0.2) is 4.39 Å². The zero-order valence-corrected chi connectivity index (χ0v) is 9.64. The number of ether oxygens (including phenoxy) is 1. The normalized spacial score (nSPS) is 16.6. The molecule has 1 aliphatic rings. The SMILES string of the molecule is N#Cc1c(F)cccc1OCC1(CS)CC1. The van der Waals surface area contributed by atoms with E-state index in [9.17, 15) is 4.39 Å². The van der Waals surface area contributed by atoms with Crippen LogP contribution < -0.4 is 4.74 Å². The average molecular weight is 237 g/mol. The molecule has 1 fully saturated rings. The van der Waals surface area contributed by atoms with Crippen LogP contribution in [-0.2, 0) is 0 Å². The highest BCUT2D eigenvalue weighted by Gasteiger charge is 2.42. The lowest BCUT2D eigenvalue weighted by atomic mass is 10.1. The molecule has 4 heteroatoms. The smallest absolute Gasteiger partial charge is 0.144 e. The first-order valence-electron chi connectivity index (χ1n) is 5.13. The minimum absolute atomic E-state index is 0.0162. The zero-order valence-electron chi connectivity index (χ0n) is 8.74. The summed E-state index contributed by atoms with van der Waals surface area (Å²) in [5.41, 5.74) is 0.125. The van der Waals surface area contributed by atoms with Gasteiger partial charge in [-0.3, -0.25) is 0 Å². The van der Waals surface area contributed by atoms with Gasteiger partial charge in [-0.2, -0.15) is 17.9 Å². The molecule has 0 radical (unpaired) electrons. The maximum atomic E-state index is 13.3. The predicted molar refractivity (Wildman–Crippen MR) is 62.1 cm³/mol. The van der Waals surface area contributed by atoms with Gasteiger partial charge in [-0.1, -0.05) is 6.07 Å². The van der Waals surface area contributed by atoms with Crippen LogP contribution in [0.5, 0.6) is 5.75 Å². The molecular formula is C12H12FNOS.